The summed E-state index contributed by atoms with van der Waals surface area (Å²) in [5.74, 6) is 0. The molecular weight excluding hydrogens is 709 g/mol. The quantitative estimate of drug-likeness (QED) is 0.143. The lowest BCUT2D eigenvalue weighted by atomic mass is 9.82. The zero-order valence-electron chi connectivity index (χ0n) is 36.1. The van der Waals surface area contributed by atoms with Crippen LogP contribution < -0.4 is 10.4 Å². The lowest BCUT2D eigenvalue weighted by Gasteiger charge is -2.55. The van der Waals surface area contributed by atoms with Gasteiger partial charge in [-0.15, -0.1) is 0 Å². The third-order valence-corrected chi connectivity index (χ3v) is 28.9. The second-order valence-electron chi connectivity index (χ2n) is 19.8. The van der Waals surface area contributed by atoms with Crippen molar-refractivity contribution >= 4 is 35.3 Å². The van der Waals surface area contributed by atoms with Gasteiger partial charge >= 0.3 is 0 Å². The van der Waals surface area contributed by atoms with Crippen molar-refractivity contribution in [3.8, 4) is 0 Å². The molecule has 0 radical (unpaired) electrons. The zero-order chi connectivity index (χ0) is 39.6. The minimum Gasteiger partial charge on any atom is -0.417 e. The Morgan fingerprint density at radius 3 is 1.74 bits per heavy atom. The first-order valence-corrected chi connectivity index (χ1v) is 27.6. The Hall–Kier alpha value is -1.15. The standard InChI is InChI=1S/C44H76O6Si3/c1-32(2)52(33(3)4,34(5)6)50-39-29-35(31-47-53(43(10,11)12,36-23-18-16-19-24-36)37-25-20-17-21-26-37)48-38-30-40(45)44(13,49-41(38)39)27-22-28-46-51(14,15)42(7,8)9/h16-21,23-26,32-35,38-41,45H,22,27-31H2,1-15H3/t35-,38+,39-,40-,41+,44+/m0/s1. The number of ether oxygens (including phenoxy) is 2. The van der Waals surface area contributed by atoms with Gasteiger partial charge < -0.3 is 27.9 Å². The van der Waals surface area contributed by atoms with Crippen LogP contribution in [0.2, 0.25) is 39.8 Å². The predicted molar refractivity (Wildman–Crippen MR) is 229 cm³/mol. The average Bonchev–Trinajstić information content (AvgIpc) is 3.06. The van der Waals surface area contributed by atoms with E-state index in [2.05, 4.69) is 164 Å². The van der Waals surface area contributed by atoms with Crippen LogP contribution in [0.5, 0.6) is 0 Å². The van der Waals surface area contributed by atoms with Gasteiger partial charge in [-0.05, 0) is 69.9 Å². The van der Waals surface area contributed by atoms with Crippen LogP contribution in [0.25, 0.3) is 0 Å². The Morgan fingerprint density at radius 2 is 1.28 bits per heavy atom. The fourth-order valence-corrected chi connectivity index (χ4v) is 20.5. The molecule has 2 aromatic rings. The molecule has 53 heavy (non-hydrogen) atoms. The Balaban J connectivity index is 1.66. The summed E-state index contributed by atoms with van der Waals surface area (Å²) in [7, 11) is -6.94. The summed E-state index contributed by atoms with van der Waals surface area (Å²) in [5.41, 5.74) is 0.592. The van der Waals surface area contributed by atoms with E-state index in [1.54, 1.807) is 0 Å². The zero-order valence-corrected chi connectivity index (χ0v) is 39.1. The highest BCUT2D eigenvalue weighted by molar-refractivity contribution is 6.99. The first kappa shape index (κ1) is 44.6. The van der Waals surface area contributed by atoms with Crippen LogP contribution in [-0.4, -0.2) is 79.4 Å². The average molecular weight is 785 g/mol. The molecule has 0 aromatic heterocycles. The van der Waals surface area contributed by atoms with Gasteiger partial charge in [-0.3, -0.25) is 0 Å². The van der Waals surface area contributed by atoms with Crippen molar-refractivity contribution in [2.75, 3.05) is 13.2 Å². The van der Waals surface area contributed by atoms with Crippen LogP contribution in [0.15, 0.2) is 60.7 Å². The maximum atomic E-state index is 11.8. The number of aliphatic hydroxyl groups excluding tert-OH is 1. The molecule has 2 aliphatic rings. The lowest BCUT2D eigenvalue weighted by molar-refractivity contribution is -0.283. The van der Waals surface area contributed by atoms with E-state index < -0.39 is 36.7 Å². The van der Waals surface area contributed by atoms with Crippen LogP contribution in [0, 0.1) is 0 Å². The summed E-state index contributed by atoms with van der Waals surface area (Å²) >= 11 is 0. The van der Waals surface area contributed by atoms with Gasteiger partial charge in [-0.2, -0.15) is 0 Å². The monoisotopic (exact) mass is 784 g/mol. The largest absolute Gasteiger partial charge is 0.417 e. The fourth-order valence-electron chi connectivity index (χ4n) is 9.28. The molecule has 0 unspecified atom stereocenters. The van der Waals surface area contributed by atoms with Gasteiger partial charge in [0.15, 0.2) is 8.32 Å². The van der Waals surface area contributed by atoms with Gasteiger partial charge in [0.25, 0.3) is 8.32 Å². The normalized spacial score (nSPS) is 26.4. The van der Waals surface area contributed by atoms with Gasteiger partial charge in [-0.25, -0.2) is 0 Å². The van der Waals surface area contributed by atoms with Gasteiger partial charge in [0.2, 0.25) is 8.32 Å². The van der Waals surface area contributed by atoms with Crippen LogP contribution in [-0.2, 0) is 22.8 Å². The van der Waals surface area contributed by atoms with Crippen molar-refractivity contribution in [1.29, 1.82) is 0 Å². The minimum atomic E-state index is -2.78. The molecule has 6 atom stereocenters. The van der Waals surface area contributed by atoms with Crippen molar-refractivity contribution in [3.05, 3.63) is 60.7 Å². The SMILES string of the molecule is CC(C)[Si](O[C@H]1C[C@@H](CO[Si](c2ccccc2)(c2ccccc2)C(C)(C)C)O[C@@H]2C[C@H](O)[C@@](C)(CCCO[Si](C)(C)C(C)(C)C)O[C@@H]12)(C(C)C)C(C)C. The molecule has 2 heterocycles. The van der Waals surface area contributed by atoms with E-state index in [9.17, 15) is 5.11 Å². The first-order valence-electron chi connectivity index (χ1n) is 20.6. The molecule has 0 amide bonds. The van der Waals surface area contributed by atoms with Crippen LogP contribution in [0.1, 0.15) is 116 Å². The van der Waals surface area contributed by atoms with Gasteiger partial charge in [-0.1, -0.05) is 144 Å². The molecule has 2 fully saturated rings. The van der Waals surface area contributed by atoms with Crippen molar-refractivity contribution in [2.24, 2.45) is 0 Å². The highest BCUT2D eigenvalue weighted by Gasteiger charge is 2.56. The Morgan fingerprint density at radius 1 is 0.774 bits per heavy atom. The fraction of sp³-hybridized carbons (Fsp3) is 0.727. The second-order valence-corrected chi connectivity index (χ2v) is 34.4. The number of aliphatic hydroxyl groups is 1. The van der Waals surface area contributed by atoms with E-state index in [0.29, 0.717) is 42.7 Å². The summed E-state index contributed by atoms with van der Waals surface area (Å²) < 4.78 is 35.8. The van der Waals surface area contributed by atoms with Crippen molar-refractivity contribution < 1.29 is 27.9 Å². The van der Waals surface area contributed by atoms with E-state index in [4.69, 9.17) is 22.8 Å². The van der Waals surface area contributed by atoms with E-state index in [1.165, 1.54) is 10.4 Å². The third kappa shape index (κ3) is 9.36. The molecule has 4 rings (SSSR count). The molecule has 0 spiro atoms. The van der Waals surface area contributed by atoms with Gasteiger partial charge in [0, 0.05) is 19.4 Å². The number of fused-ring (bicyclic) bond motifs is 1. The Bertz CT molecular complexity index is 1360. The summed E-state index contributed by atoms with van der Waals surface area (Å²) in [5, 5.41) is 14.3. The highest BCUT2D eigenvalue weighted by Crippen LogP contribution is 2.48. The minimum absolute atomic E-state index is 0.141. The summed E-state index contributed by atoms with van der Waals surface area (Å²) in [6, 6.07) is 21.7. The maximum absolute atomic E-state index is 11.8. The van der Waals surface area contributed by atoms with E-state index >= 15 is 0 Å². The first-order chi connectivity index (χ1) is 24.5. The molecule has 1 N–H and O–H groups in total. The summed E-state index contributed by atoms with van der Waals surface area (Å²) in [6.07, 6.45) is 1.20. The molecular formula is C44H76O6Si3. The number of rotatable bonds is 15. The van der Waals surface area contributed by atoms with E-state index in [1.807, 2.05) is 0 Å². The van der Waals surface area contributed by atoms with Crippen LogP contribution >= 0.6 is 0 Å². The van der Waals surface area contributed by atoms with Gasteiger partial charge in [0.05, 0.1) is 36.6 Å². The highest BCUT2D eigenvalue weighted by atomic mass is 28.4. The Labute approximate surface area is 327 Å². The number of hydrogen-bond donors (Lipinski definition) is 1. The molecule has 0 saturated carbocycles. The van der Waals surface area contributed by atoms with Crippen LogP contribution in [0.4, 0.5) is 0 Å². The van der Waals surface area contributed by atoms with Crippen LogP contribution in [0.3, 0.4) is 0 Å². The molecule has 0 aliphatic carbocycles. The van der Waals surface area contributed by atoms with Gasteiger partial charge in [0.1, 0.15) is 6.10 Å². The maximum Gasteiger partial charge on any atom is 0.261 e. The molecule has 6 nitrogen and oxygen atoms in total. The molecule has 2 aliphatic heterocycles. The molecule has 2 saturated heterocycles. The molecule has 9 heteroatoms. The topological polar surface area (TPSA) is 66.4 Å². The second kappa shape index (κ2) is 17.1. The number of benzene rings is 2. The molecule has 300 valence electrons. The van der Waals surface area contributed by atoms with Crippen molar-refractivity contribution in [2.45, 2.75) is 192 Å². The molecule has 0 bridgehead atoms. The summed E-state index contributed by atoms with van der Waals surface area (Å²) in [4.78, 5) is 0. The Kier molecular flexibility index (Phi) is 14.4. The third-order valence-electron chi connectivity index (χ3n) is 13.2. The van der Waals surface area contributed by atoms with Crippen molar-refractivity contribution in [1.82, 2.24) is 0 Å². The van der Waals surface area contributed by atoms with E-state index in [-0.39, 0.29) is 34.5 Å². The summed E-state index contributed by atoms with van der Waals surface area (Å²) in [6.45, 7) is 35.7. The number of hydrogen-bond acceptors (Lipinski definition) is 6. The predicted octanol–water partition coefficient (Wildman–Crippen LogP) is 9.99. The van der Waals surface area contributed by atoms with E-state index in [0.717, 1.165) is 12.8 Å². The smallest absolute Gasteiger partial charge is 0.261 e. The van der Waals surface area contributed by atoms with Crippen molar-refractivity contribution in [3.63, 3.8) is 0 Å². The molecule has 2 aromatic carbocycles. The lowest BCUT2D eigenvalue weighted by Crippen LogP contribution is -2.68.